The molecule has 0 atom stereocenters. The Morgan fingerprint density at radius 1 is 1.44 bits per heavy atom. The first-order chi connectivity index (χ1) is 7.84. The standard InChI is InChI=1S/C10H19N5O/c1-15-13-10(12-14-15)8-11-6-7-16-9-4-2-3-5-9/h9,11H,2-8H2,1H3. The van der Waals surface area contributed by atoms with E-state index in [1.54, 1.807) is 7.05 Å². The maximum Gasteiger partial charge on any atom is 0.188 e. The summed E-state index contributed by atoms with van der Waals surface area (Å²) in [5, 5.41) is 15.0. The van der Waals surface area contributed by atoms with E-state index in [9.17, 15) is 0 Å². The van der Waals surface area contributed by atoms with Crippen LogP contribution in [-0.4, -0.2) is 39.5 Å². The highest BCUT2D eigenvalue weighted by Crippen LogP contribution is 2.20. The van der Waals surface area contributed by atoms with E-state index >= 15 is 0 Å². The lowest BCUT2D eigenvalue weighted by Gasteiger charge is -2.10. The third-order valence-electron chi connectivity index (χ3n) is 2.77. The molecule has 0 bridgehead atoms. The highest BCUT2D eigenvalue weighted by Gasteiger charge is 2.14. The quantitative estimate of drug-likeness (QED) is 0.703. The molecule has 6 nitrogen and oxygen atoms in total. The number of tetrazole rings is 1. The summed E-state index contributed by atoms with van der Waals surface area (Å²) in [5.41, 5.74) is 0. The van der Waals surface area contributed by atoms with Gasteiger partial charge in [-0.25, -0.2) is 0 Å². The van der Waals surface area contributed by atoms with Crippen LogP contribution in [0.2, 0.25) is 0 Å². The molecule has 1 aromatic rings. The van der Waals surface area contributed by atoms with Crippen LogP contribution in [0, 0.1) is 0 Å². The number of hydrogen-bond acceptors (Lipinski definition) is 5. The molecule has 2 rings (SSSR count). The van der Waals surface area contributed by atoms with Crippen molar-refractivity contribution in [3.8, 4) is 0 Å². The van der Waals surface area contributed by atoms with Gasteiger partial charge in [-0.05, 0) is 18.1 Å². The summed E-state index contributed by atoms with van der Waals surface area (Å²) >= 11 is 0. The minimum absolute atomic E-state index is 0.497. The molecular weight excluding hydrogens is 206 g/mol. The predicted octanol–water partition coefficient (Wildman–Crippen LogP) is 0.259. The molecule has 1 N–H and O–H groups in total. The lowest BCUT2D eigenvalue weighted by molar-refractivity contribution is 0.0602. The topological polar surface area (TPSA) is 64.9 Å². The Balaban J connectivity index is 1.51. The average Bonchev–Trinajstić information content (AvgIpc) is 2.89. The second kappa shape index (κ2) is 5.91. The largest absolute Gasteiger partial charge is 0.377 e. The summed E-state index contributed by atoms with van der Waals surface area (Å²) in [6, 6.07) is 0. The molecule has 16 heavy (non-hydrogen) atoms. The summed E-state index contributed by atoms with van der Waals surface area (Å²) in [6.07, 6.45) is 5.59. The zero-order valence-electron chi connectivity index (χ0n) is 9.72. The first-order valence-electron chi connectivity index (χ1n) is 5.90. The molecule has 1 aliphatic carbocycles. The highest BCUT2D eigenvalue weighted by atomic mass is 16.5. The highest BCUT2D eigenvalue weighted by molar-refractivity contribution is 4.74. The normalized spacial score (nSPS) is 17.1. The van der Waals surface area contributed by atoms with Crippen LogP contribution < -0.4 is 5.32 Å². The van der Waals surface area contributed by atoms with Gasteiger partial charge in [0.25, 0.3) is 0 Å². The number of hydrogen-bond donors (Lipinski definition) is 1. The van der Waals surface area contributed by atoms with Gasteiger partial charge in [-0.3, -0.25) is 0 Å². The molecule has 1 fully saturated rings. The van der Waals surface area contributed by atoms with Crippen molar-refractivity contribution in [2.24, 2.45) is 7.05 Å². The number of rotatable bonds is 6. The molecule has 0 amide bonds. The Morgan fingerprint density at radius 3 is 2.94 bits per heavy atom. The molecule has 0 spiro atoms. The minimum Gasteiger partial charge on any atom is -0.377 e. The molecule has 1 aromatic heterocycles. The second-order valence-electron chi connectivity index (χ2n) is 4.15. The monoisotopic (exact) mass is 225 g/mol. The van der Waals surface area contributed by atoms with E-state index in [4.69, 9.17) is 4.74 Å². The van der Waals surface area contributed by atoms with Crippen molar-refractivity contribution in [1.29, 1.82) is 0 Å². The van der Waals surface area contributed by atoms with Gasteiger partial charge in [-0.2, -0.15) is 4.80 Å². The third-order valence-corrected chi connectivity index (χ3v) is 2.77. The lowest BCUT2D eigenvalue weighted by atomic mass is 10.3. The molecule has 1 aliphatic rings. The van der Waals surface area contributed by atoms with Gasteiger partial charge in [0.15, 0.2) is 5.82 Å². The summed E-state index contributed by atoms with van der Waals surface area (Å²) in [6.45, 7) is 2.27. The summed E-state index contributed by atoms with van der Waals surface area (Å²) in [7, 11) is 1.76. The third kappa shape index (κ3) is 3.53. The molecule has 90 valence electrons. The van der Waals surface area contributed by atoms with Gasteiger partial charge in [-0.15, -0.1) is 10.2 Å². The zero-order chi connectivity index (χ0) is 11.2. The number of nitrogens with one attached hydrogen (secondary N) is 1. The van der Waals surface area contributed by atoms with Crippen molar-refractivity contribution in [1.82, 2.24) is 25.5 Å². The van der Waals surface area contributed by atoms with E-state index in [-0.39, 0.29) is 0 Å². The van der Waals surface area contributed by atoms with Crippen molar-refractivity contribution < 1.29 is 4.74 Å². The first kappa shape index (κ1) is 11.5. The molecule has 1 saturated carbocycles. The summed E-state index contributed by atoms with van der Waals surface area (Å²) in [4.78, 5) is 1.46. The zero-order valence-corrected chi connectivity index (χ0v) is 9.72. The van der Waals surface area contributed by atoms with E-state index in [1.165, 1.54) is 30.5 Å². The van der Waals surface area contributed by atoms with Crippen molar-refractivity contribution in [3.63, 3.8) is 0 Å². The average molecular weight is 225 g/mol. The van der Waals surface area contributed by atoms with Crippen LogP contribution in [0.15, 0.2) is 0 Å². The first-order valence-corrected chi connectivity index (χ1v) is 5.90. The van der Waals surface area contributed by atoms with Gasteiger partial charge in [-0.1, -0.05) is 12.8 Å². The van der Waals surface area contributed by atoms with Crippen LogP contribution in [0.5, 0.6) is 0 Å². The van der Waals surface area contributed by atoms with Crippen LogP contribution in [0.3, 0.4) is 0 Å². The maximum atomic E-state index is 5.72. The van der Waals surface area contributed by atoms with Gasteiger partial charge in [0.2, 0.25) is 0 Å². The fourth-order valence-corrected chi connectivity index (χ4v) is 1.95. The van der Waals surface area contributed by atoms with Gasteiger partial charge in [0.1, 0.15) is 0 Å². The van der Waals surface area contributed by atoms with Crippen LogP contribution in [0.1, 0.15) is 31.5 Å². The Kier molecular flexibility index (Phi) is 4.24. The van der Waals surface area contributed by atoms with Gasteiger partial charge >= 0.3 is 0 Å². The van der Waals surface area contributed by atoms with Gasteiger partial charge in [0, 0.05) is 6.54 Å². The minimum atomic E-state index is 0.497. The molecule has 0 saturated heterocycles. The Hall–Kier alpha value is -1.01. The van der Waals surface area contributed by atoms with Crippen LogP contribution in [0.4, 0.5) is 0 Å². The van der Waals surface area contributed by atoms with Crippen LogP contribution >= 0.6 is 0 Å². The maximum absolute atomic E-state index is 5.72. The van der Waals surface area contributed by atoms with Crippen molar-refractivity contribution >= 4 is 0 Å². The fourth-order valence-electron chi connectivity index (χ4n) is 1.95. The molecule has 0 radical (unpaired) electrons. The van der Waals surface area contributed by atoms with E-state index in [1.807, 2.05) is 0 Å². The number of aryl methyl sites for hydroxylation is 1. The molecule has 1 heterocycles. The van der Waals surface area contributed by atoms with E-state index in [2.05, 4.69) is 20.7 Å². The smallest absolute Gasteiger partial charge is 0.188 e. The van der Waals surface area contributed by atoms with E-state index in [0.29, 0.717) is 12.6 Å². The van der Waals surface area contributed by atoms with Crippen molar-refractivity contribution in [2.75, 3.05) is 13.2 Å². The number of ether oxygens (including phenoxy) is 1. The molecular formula is C10H19N5O. The molecule has 0 aromatic carbocycles. The fraction of sp³-hybridized carbons (Fsp3) is 0.900. The predicted molar refractivity (Wildman–Crippen MR) is 58.7 cm³/mol. The van der Waals surface area contributed by atoms with Crippen LogP contribution in [-0.2, 0) is 18.3 Å². The Bertz CT molecular complexity index is 308. The Labute approximate surface area is 95.4 Å². The molecule has 6 heteroatoms. The summed E-state index contributed by atoms with van der Waals surface area (Å²) in [5.74, 6) is 0.725. The van der Waals surface area contributed by atoms with Crippen molar-refractivity contribution in [2.45, 2.75) is 38.3 Å². The summed E-state index contributed by atoms with van der Waals surface area (Å²) < 4.78 is 5.72. The van der Waals surface area contributed by atoms with Crippen LogP contribution in [0.25, 0.3) is 0 Å². The number of nitrogens with zero attached hydrogens (tertiary/aromatic N) is 4. The molecule has 0 unspecified atom stereocenters. The SMILES string of the molecule is Cn1nnc(CNCCOC2CCCC2)n1. The lowest BCUT2D eigenvalue weighted by Crippen LogP contribution is -2.22. The van der Waals surface area contributed by atoms with Gasteiger partial charge < -0.3 is 10.1 Å². The number of aromatic nitrogens is 4. The van der Waals surface area contributed by atoms with E-state index < -0.39 is 0 Å². The molecule has 0 aliphatic heterocycles. The second-order valence-corrected chi connectivity index (χ2v) is 4.15. The Morgan fingerprint density at radius 2 is 2.25 bits per heavy atom. The van der Waals surface area contributed by atoms with Crippen molar-refractivity contribution in [3.05, 3.63) is 5.82 Å². The van der Waals surface area contributed by atoms with Gasteiger partial charge in [0.05, 0.1) is 26.3 Å². The van der Waals surface area contributed by atoms with E-state index in [0.717, 1.165) is 19.0 Å².